The van der Waals surface area contributed by atoms with Gasteiger partial charge in [0.25, 0.3) is 0 Å². The van der Waals surface area contributed by atoms with Crippen LogP contribution in [0, 0.1) is 3.57 Å². The third kappa shape index (κ3) is 1.79. The topological polar surface area (TPSA) is 9.23 Å². The van der Waals surface area contributed by atoms with Crippen molar-refractivity contribution in [1.82, 2.24) is 0 Å². The number of halogens is 1. The fourth-order valence-corrected chi connectivity index (χ4v) is 1.84. The van der Waals surface area contributed by atoms with E-state index in [1.165, 1.54) is 0 Å². The number of hydrogen-bond acceptors (Lipinski definition) is 2. The first-order chi connectivity index (χ1) is 4.74. The van der Waals surface area contributed by atoms with Crippen molar-refractivity contribution < 1.29 is 4.74 Å². The lowest BCUT2D eigenvalue weighted by atomic mass is 10.3. The number of benzene rings is 1. The summed E-state index contributed by atoms with van der Waals surface area (Å²) in [6.45, 7) is 0. The molecule has 0 spiro atoms. The van der Waals surface area contributed by atoms with Gasteiger partial charge in [-0.25, -0.2) is 0 Å². The van der Waals surface area contributed by atoms with E-state index < -0.39 is 0 Å². The Hall–Kier alpha value is 0.1000. The molecule has 1 rings (SSSR count). The van der Waals surface area contributed by atoms with Gasteiger partial charge in [-0.2, -0.15) is 0 Å². The van der Waals surface area contributed by atoms with Crippen LogP contribution >= 0.6 is 35.2 Å². The summed E-state index contributed by atoms with van der Waals surface area (Å²) in [5.41, 5.74) is 0. The van der Waals surface area contributed by atoms with Gasteiger partial charge < -0.3 is 4.74 Å². The number of methoxy groups -OCH3 is 1. The lowest BCUT2D eigenvalue weighted by molar-refractivity contribution is 0.411. The molecule has 0 bridgehead atoms. The summed E-state index contributed by atoms with van der Waals surface area (Å²) in [7, 11) is 1.66. The molecule has 0 radical (unpaired) electrons. The number of rotatable bonds is 1. The van der Waals surface area contributed by atoms with Crippen LogP contribution in [-0.4, -0.2) is 7.11 Å². The highest BCUT2D eigenvalue weighted by Gasteiger charge is 1.96. The molecule has 0 aliphatic heterocycles. The molecule has 0 saturated carbocycles. The smallest absolute Gasteiger partial charge is 0.132 e. The van der Waals surface area contributed by atoms with Crippen LogP contribution in [0.4, 0.5) is 0 Å². The quantitative estimate of drug-likeness (QED) is 0.607. The molecule has 0 unspecified atom stereocenters. The SMILES string of the molecule is COc1ccc(S)cc1I. The van der Waals surface area contributed by atoms with Gasteiger partial charge in [0, 0.05) is 4.90 Å². The Morgan fingerprint density at radius 1 is 1.50 bits per heavy atom. The van der Waals surface area contributed by atoms with Crippen LogP contribution in [0.25, 0.3) is 0 Å². The van der Waals surface area contributed by atoms with E-state index in [0.29, 0.717) is 0 Å². The maximum Gasteiger partial charge on any atom is 0.132 e. The zero-order valence-corrected chi connectivity index (χ0v) is 8.52. The summed E-state index contributed by atoms with van der Waals surface area (Å²) < 4.78 is 6.15. The molecule has 0 heterocycles. The first-order valence-corrected chi connectivity index (χ1v) is 4.29. The molecule has 0 aromatic heterocycles. The molecule has 3 heteroatoms. The molecule has 1 nitrogen and oxygen atoms in total. The van der Waals surface area contributed by atoms with Crippen LogP contribution in [-0.2, 0) is 0 Å². The van der Waals surface area contributed by atoms with E-state index in [0.717, 1.165) is 14.2 Å². The molecule has 54 valence electrons. The van der Waals surface area contributed by atoms with Crippen molar-refractivity contribution in [3.8, 4) is 5.75 Å². The van der Waals surface area contributed by atoms with Crippen molar-refractivity contribution in [2.45, 2.75) is 4.90 Å². The highest BCUT2D eigenvalue weighted by Crippen LogP contribution is 2.22. The number of thiol groups is 1. The standard InChI is InChI=1S/C7H7IOS/c1-9-7-3-2-5(10)4-6(7)8/h2-4,10H,1H3. The second-order valence-electron chi connectivity index (χ2n) is 1.82. The fraction of sp³-hybridized carbons (Fsp3) is 0.143. The lowest BCUT2D eigenvalue weighted by Crippen LogP contribution is -1.85. The van der Waals surface area contributed by atoms with Gasteiger partial charge in [0.05, 0.1) is 10.7 Å². The van der Waals surface area contributed by atoms with Gasteiger partial charge in [0.15, 0.2) is 0 Å². The molecule has 1 aromatic rings. The second-order valence-corrected chi connectivity index (χ2v) is 3.50. The summed E-state index contributed by atoms with van der Waals surface area (Å²) >= 11 is 6.39. The van der Waals surface area contributed by atoms with Crippen molar-refractivity contribution in [3.63, 3.8) is 0 Å². The normalized spacial score (nSPS) is 9.50. The lowest BCUT2D eigenvalue weighted by Gasteiger charge is -2.01. The largest absolute Gasteiger partial charge is 0.496 e. The minimum atomic E-state index is 0.901. The zero-order valence-electron chi connectivity index (χ0n) is 5.47. The van der Waals surface area contributed by atoms with Crippen LogP contribution in [0.2, 0.25) is 0 Å². The minimum absolute atomic E-state index is 0.901. The molecule has 0 fully saturated rings. The predicted molar refractivity (Wildman–Crippen MR) is 53.0 cm³/mol. The van der Waals surface area contributed by atoms with Gasteiger partial charge in [0.2, 0.25) is 0 Å². The summed E-state index contributed by atoms with van der Waals surface area (Å²) in [4.78, 5) is 0.963. The van der Waals surface area contributed by atoms with E-state index in [4.69, 9.17) is 4.74 Å². The van der Waals surface area contributed by atoms with E-state index in [1.54, 1.807) is 7.11 Å². The Balaban J connectivity index is 3.07. The van der Waals surface area contributed by atoms with Gasteiger partial charge >= 0.3 is 0 Å². The maximum atomic E-state index is 5.06. The monoisotopic (exact) mass is 266 g/mol. The second kappa shape index (κ2) is 3.48. The van der Waals surface area contributed by atoms with Crippen LogP contribution in [0.5, 0.6) is 5.75 Å². The van der Waals surface area contributed by atoms with Gasteiger partial charge in [-0.1, -0.05) is 0 Å². The first-order valence-electron chi connectivity index (χ1n) is 2.76. The molecule has 0 saturated heterocycles. The molecular formula is C7H7IOS. The van der Waals surface area contributed by atoms with Crippen LogP contribution in [0.15, 0.2) is 23.1 Å². The third-order valence-electron chi connectivity index (χ3n) is 1.14. The Morgan fingerprint density at radius 3 is 2.70 bits per heavy atom. The molecule has 0 N–H and O–H groups in total. The van der Waals surface area contributed by atoms with E-state index in [1.807, 2.05) is 18.2 Å². The Bertz CT molecular complexity index is 237. The van der Waals surface area contributed by atoms with Crippen molar-refractivity contribution in [2.75, 3.05) is 7.11 Å². The highest BCUT2D eigenvalue weighted by atomic mass is 127. The molecule has 0 aliphatic rings. The molecule has 0 atom stereocenters. The van der Waals surface area contributed by atoms with Crippen LogP contribution in [0.1, 0.15) is 0 Å². The summed E-state index contributed by atoms with van der Waals surface area (Å²) in [5, 5.41) is 0. The van der Waals surface area contributed by atoms with E-state index in [2.05, 4.69) is 35.2 Å². The van der Waals surface area contributed by atoms with Crippen molar-refractivity contribution in [1.29, 1.82) is 0 Å². The van der Waals surface area contributed by atoms with Crippen molar-refractivity contribution in [2.24, 2.45) is 0 Å². The summed E-state index contributed by atoms with van der Waals surface area (Å²) in [6, 6.07) is 5.77. The third-order valence-corrected chi connectivity index (χ3v) is 2.26. The molecule has 1 aromatic carbocycles. The molecule has 0 aliphatic carbocycles. The average molecular weight is 266 g/mol. The highest BCUT2D eigenvalue weighted by molar-refractivity contribution is 14.1. The zero-order chi connectivity index (χ0) is 7.56. The average Bonchev–Trinajstić information content (AvgIpc) is 1.88. The molecular weight excluding hydrogens is 259 g/mol. The van der Waals surface area contributed by atoms with Crippen LogP contribution in [0.3, 0.4) is 0 Å². The maximum absolute atomic E-state index is 5.06. The van der Waals surface area contributed by atoms with Gasteiger partial charge in [-0.05, 0) is 40.8 Å². The van der Waals surface area contributed by atoms with Gasteiger partial charge in [-0.3, -0.25) is 0 Å². The van der Waals surface area contributed by atoms with Crippen LogP contribution < -0.4 is 4.74 Å². The number of ether oxygens (including phenoxy) is 1. The summed E-state index contributed by atoms with van der Waals surface area (Å²) in [5.74, 6) is 0.901. The first kappa shape index (κ1) is 8.20. The van der Waals surface area contributed by atoms with E-state index in [9.17, 15) is 0 Å². The van der Waals surface area contributed by atoms with Gasteiger partial charge in [0.1, 0.15) is 5.75 Å². The van der Waals surface area contributed by atoms with Crippen molar-refractivity contribution in [3.05, 3.63) is 21.8 Å². The predicted octanol–water partition coefficient (Wildman–Crippen LogP) is 2.59. The summed E-state index contributed by atoms with van der Waals surface area (Å²) in [6.07, 6.45) is 0. The van der Waals surface area contributed by atoms with E-state index in [-0.39, 0.29) is 0 Å². The molecule has 0 amide bonds. The van der Waals surface area contributed by atoms with E-state index >= 15 is 0 Å². The molecule has 10 heavy (non-hydrogen) atoms. The number of hydrogen-bond donors (Lipinski definition) is 1. The Kier molecular flexibility index (Phi) is 2.85. The minimum Gasteiger partial charge on any atom is -0.496 e. The van der Waals surface area contributed by atoms with Gasteiger partial charge in [-0.15, -0.1) is 12.6 Å². The Morgan fingerprint density at radius 2 is 2.20 bits per heavy atom. The fourth-order valence-electron chi connectivity index (χ4n) is 0.655. The van der Waals surface area contributed by atoms with Crippen molar-refractivity contribution >= 4 is 35.2 Å². The Labute approximate surface area is 79.3 Å².